The molecule has 1 heterocycles. The van der Waals surface area contributed by atoms with Crippen LogP contribution in [0.3, 0.4) is 0 Å². The Kier molecular flexibility index (Phi) is 5.65. The maximum Gasteiger partial charge on any atom is 0.190 e. The van der Waals surface area contributed by atoms with Gasteiger partial charge in [-0.1, -0.05) is 13.0 Å². The topological polar surface area (TPSA) is 101 Å². The normalized spacial score (nSPS) is 16.3. The van der Waals surface area contributed by atoms with Crippen LogP contribution in [0.5, 0.6) is 23.0 Å². The monoisotopic (exact) mass is 438 g/mol. The van der Waals surface area contributed by atoms with Crippen LogP contribution in [0.1, 0.15) is 34.8 Å². The second kappa shape index (κ2) is 8.42. The molecule has 1 aliphatic carbocycles. The maximum absolute atomic E-state index is 12.9. The summed E-state index contributed by atoms with van der Waals surface area (Å²) in [5.74, 6) is 2.76. The van der Waals surface area contributed by atoms with Crippen LogP contribution in [0, 0.1) is 0 Å². The van der Waals surface area contributed by atoms with Crippen molar-refractivity contribution in [2.45, 2.75) is 19.4 Å². The van der Waals surface area contributed by atoms with Gasteiger partial charge < -0.3 is 28.8 Å². The summed E-state index contributed by atoms with van der Waals surface area (Å²) in [7, 11) is 4.46. The van der Waals surface area contributed by atoms with Crippen molar-refractivity contribution in [1.29, 1.82) is 0 Å². The zero-order chi connectivity index (χ0) is 23.0. The van der Waals surface area contributed by atoms with Gasteiger partial charge in [0.15, 0.2) is 30.2 Å². The third kappa shape index (κ3) is 3.12. The Morgan fingerprint density at radius 1 is 1.16 bits per heavy atom. The summed E-state index contributed by atoms with van der Waals surface area (Å²) in [5, 5.41) is 11.2. The second-order valence-corrected chi connectivity index (χ2v) is 7.14. The van der Waals surface area contributed by atoms with Gasteiger partial charge in [0.05, 0.1) is 26.9 Å². The number of rotatable bonds is 6. The number of hydrogen-bond donors (Lipinski definition) is 1. The highest BCUT2D eigenvalue weighted by Gasteiger charge is 2.40. The molecule has 0 radical (unpaired) electrons. The van der Waals surface area contributed by atoms with Crippen LogP contribution in [0.15, 0.2) is 24.0 Å². The Morgan fingerprint density at radius 2 is 1.91 bits per heavy atom. The average Bonchev–Trinajstić information content (AvgIpc) is 3.29. The molecule has 8 nitrogen and oxygen atoms in total. The van der Waals surface area contributed by atoms with Crippen LogP contribution < -0.4 is 14.2 Å². The van der Waals surface area contributed by atoms with E-state index in [4.69, 9.17) is 23.7 Å². The highest BCUT2D eigenvalue weighted by Crippen LogP contribution is 2.52. The van der Waals surface area contributed by atoms with E-state index in [2.05, 4.69) is 0 Å². The highest BCUT2D eigenvalue weighted by atomic mass is 16.7. The van der Waals surface area contributed by atoms with E-state index < -0.39 is 6.10 Å². The molecule has 1 N–H and O–H groups in total. The van der Waals surface area contributed by atoms with E-state index in [0.717, 1.165) is 0 Å². The number of Topliss-reactive ketones (excluding diaryl/α,β-unsaturated/α-hetero) is 1. The SMILES string of the molecule is CCC(=O)c1c(O)c2c(c(-c3ccc(OC)c(OC)c3)c1OC)C=C1OCOC1C2=C=O. The third-order valence-corrected chi connectivity index (χ3v) is 5.59. The lowest BCUT2D eigenvalue weighted by molar-refractivity contribution is 0.0657. The van der Waals surface area contributed by atoms with Crippen molar-refractivity contribution in [2.75, 3.05) is 28.1 Å². The van der Waals surface area contributed by atoms with Crippen LogP contribution in [0.4, 0.5) is 0 Å². The molecule has 1 unspecified atom stereocenters. The molecule has 0 saturated carbocycles. The van der Waals surface area contributed by atoms with E-state index in [1.165, 1.54) is 21.3 Å². The first kappa shape index (κ1) is 21.5. The predicted octanol–water partition coefficient (Wildman–Crippen LogP) is 3.62. The zero-order valence-corrected chi connectivity index (χ0v) is 18.1. The van der Waals surface area contributed by atoms with Gasteiger partial charge in [0.25, 0.3) is 0 Å². The molecule has 2 aromatic rings. The summed E-state index contributed by atoms with van der Waals surface area (Å²) in [5.41, 5.74) is 1.78. The summed E-state index contributed by atoms with van der Waals surface area (Å²) >= 11 is 0. The van der Waals surface area contributed by atoms with Gasteiger partial charge in [-0.2, -0.15) is 0 Å². The van der Waals surface area contributed by atoms with Gasteiger partial charge >= 0.3 is 0 Å². The molecule has 166 valence electrons. The molecule has 0 spiro atoms. The summed E-state index contributed by atoms with van der Waals surface area (Å²) < 4.78 is 27.5. The van der Waals surface area contributed by atoms with Crippen molar-refractivity contribution >= 4 is 23.4 Å². The third-order valence-electron chi connectivity index (χ3n) is 5.59. The standard InChI is InChI=1S/C24H22O8/c1-5-15(26)21-22(27)20-13(9-18-23(14(20)10-25)32-11-31-18)19(24(21)30-4)12-6-7-16(28-2)17(8-12)29-3/h6-9,23,27H,5,11H2,1-4H3. The smallest absolute Gasteiger partial charge is 0.190 e. The van der Waals surface area contributed by atoms with Gasteiger partial charge in [0.2, 0.25) is 0 Å². The summed E-state index contributed by atoms with van der Waals surface area (Å²) in [4.78, 5) is 24.8. The molecule has 1 fully saturated rings. The van der Waals surface area contributed by atoms with E-state index in [9.17, 15) is 14.7 Å². The molecule has 1 aliphatic heterocycles. The lowest BCUT2D eigenvalue weighted by atomic mass is 9.81. The van der Waals surface area contributed by atoms with Gasteiger partial charge in [-0.3, -0.25) is 4.79 Å². The van der Waals surface area contributed by atoms with Crippen LogP contribution in [-0.2, 0) is 14.3 Å². The fourth-order valence-electron chi connectivity index (χ4n) is 4.12. The molecule has 0 aromatic heterocycles. The number of aromatic hydroxyl groups is 1. The van der Waals surface area contributed by atoms with Crippen LogP contribution in [0.2, 0.25) is 0 Å². The van der Waals surface area contributed by atoms with E-state index in [-0.39, 0.29) is 47.2 Å². The Balaban J connectivity index is 2.15. The van der Waals surface area contributed by atoms with Crippen LogP contribution >= 0.6 is 0 Å². The summed E-state index contributed by atoms with van der Waals surface area (Å²) in [6.45, 7) is 1.64. The number of ketones is 1. The molecule has 2 aliphatic rings. The minimum atomic E-state index is -0.804. The maximum atomic E-state index is 12.9. The van der Waals surface area contributed by atoms with Gasteiger partial charge in [0, 0.05) is 23.1 Å². The number of ether oxygens (including phenoxy) is 5. The highest BCUT2D eigenvalue weighted by molar-refractivity contribution is 6.10. The number of carbonyl (C=O) groups excluding carboxylic acids is 2. The first-order chi connectivity index (χ1) is 15.5. The largest absolute Gasteiger partial charge is 0.506 e. The zero-order valence-electron chi connectivity index (χ0n) is 18.1. The first-order valence-corrected chi connectivity index (χ1v) is 9.94. The van der Waals surface area contributed by atoms with Crippen LogP contribution in [0.25, 0.3) is 22.8 Å². The van der Waals surface area contributed by atoms with Gasteiger partial charge in [0.1, 0.15) is 28.8 Å². The number of phenolic OH excluding ortho intramolecular Hbond substituents is 1. The quantitative estimate of drug-likeness (QED) is 0.539. The minimum Gasteiger partial charge on any atom is -0.506 e. The Bertz CT molecular complexity index is 1190. The van der Waals surface area contributed by atoms with Crippen molar-refractivity contribution < 1.29 is 38.4 Å². The molecule has 1 saturated heterocycles. The average molecular weight is 438 g/mol. The van der Waals surface area contributed by atoms with Crippen molar-refractivity contribution in [3.05, 3.63) is 40.6 Å². The van der Waals surface area contributed by atoms with Crippen molar-refractivity contribution in [3.63, 3.8) is 0 Å². The van der Waals surface area contributed by atoms with Gasteiger partial charge in [-0.15, -0.1) is 0 Å². The molecule has 32 heavy (non-hydrogen) atoms. The fraction of sp³-hybridized carbons (Fsp3) is 0.292. The lowest BCUT2D eigenvalue weighted by Crippen LogP contribution is -2.18. The van der Waals surface area contributed by atoms with Crippen molar-refractivity contribution in [2.24, 2.45) is 0 Å². The molecule has 4 rings (SSSR count). The molecule has 0 amide bonds. The lowest BCUT2D eigenvalue weighted by Gasteiger charge is -2.26. The first-order valence-electron chi connectivity index (χ1n) is 9.94. The fourth-order valence-corrected chi connectivity index (χ4v) is 4.12. The number of methoxy groups -OCH3 is 3. The van der Waals surface area contributed by atoms with Gasteiger partial charge in [-0.25, -0.2) is 4.79 Å². The number of fused-ring (bicyclic) bond motifs is 2. The van der Waals surface area contributed by atoms with E-state index in [1.54, 1.807) is 31.2 Å². The number of hydrogen-bond acceptors (Lipinski definition) is 8. The molecule has 1 atom stereocenters. The number of phenols is 1. The molecular formula is C24H22O8. The Morgan fingerprint density at radius 3 is 2.53 bits per heavy atom. The molecule has 8 heteroatoms. The van der Waals surface area contributed by atoms with Crippen molar-refractivity contribution in [1.82, 2.24) is 0 Å². The van der Waals surface area contributed by atoms with Crippen LogP contribution in [-0.4, -0.2) is 51.1 Å². The van der Waals surface area contributed by atoms with E-state index in [0.29, 0.717) is 33.9 Å². The number of carbonyl (C=O) groups is 1. The molecule has 0 bridgehead atoms. The summed E-state index contributed by atoms with van der Waals surface area (Å²) in [6.07, 6.45) is 1.00. The molecular weight excluding hydrogens is 416 g/mol. The number of benzene rings is 2. The minimum absolute atomic E-state index is 0.0120. The van der Waals surface area contributed by atoms with E-state index in [1.807, 2.05) is 5.94 Å². The van der Waals surface area contributed by atoms with Gasteiger partial charge in [-0.05, 0) is 23.8 Å². The second-order valence-electron chi connectivity index (χ2n) is 7.14. The molecule has 2 aromatic carbocycles. The van der Waals surface area contributed by atoms with E-state index >= 15 is 0 Å². The Hall–Kier alpha value is -3.74. The van der Waals surface area contributed by atoms with Crippen molar-refractivity contribution in [3.8, 4) is 34.1 Å². The Labute approximate surface area is 184 Å². The summed E-state index contributed by atoms with van der Waals surface area (Å²) in [6, 6.07) is 5.23. The predicted molar refractivity (Wildman–Crippen MR) is 116 cm³/mol.